The lowest BCUT2D eigenvalue weighted by atomic mass is 9.96. The zero-order valence-electron chi connectivity index (χ0n) is 15.0. The zero-order valence-corrected chi connectivity index (χ0v) is 15.8. The number of aryl methyl sites for hydroxylation is 2. The number of furan rings is 1. The number of likely N-dealkylation sites (tertiary alicyclic amines) is 1. The average molecular weight is 383 g/mol. The van der Waals surface area contributed by atoms with Gasteiger partial charge in [-0.3, -0.25) is 9.59 Å². The molecule has 27 heavy (non-hydrogen) atoms. The number of aromatic nitrogens is 2. The Morgan fingerprint density at radius 2 is 2.19 bits per heavy atom. The summed E-state index contributed by atoms with van der Waals surface area (Å²) in [4.78, 5) is 37.2. The van der Waals surface area contributed by atoms with Gasteiger partial charge in [0, 0.05) is 23.9 Å². The van der Waals surface area contributed by atoms with Gasteiger partial charge in [-0.05, 0) is 56.2 Å². The molecule has 5 rings (SSSR count). The predicted molar refractivity (Wildman–Crippen MR) is 103 cm³/mol. The Morgan fingerprint density at radius 3 is 3.04 bits per heavy atom. The summed E-state index contributed by atoms with van der Waals surface area (Å²) >= 11 is 1.67. The SMILES string of the molecule is O=C(c1ccco1)N1CCCC(c2nc3sc4c(c3c(=O)[nH]2)CCCC4)C1. The van der Waals surface area contributed by atoms with E-state index in [9.17, 15) is 9.59 Å². The Kier molecular flexibility index (Phi) is 4.11. The number of H-pyrrole nitrogens is 1. The molecular weight excluding hydrogens is 362 g/mol. The fraction of sp³-hybridized carbons (Fsp3) is 0.450. The van der Waals surface area contributed by atoms with Crippen molar-refractivity contribution >= 4 is 27.5 Å². The minimum absolute atomic E-state index is 0.0242. The minimum atomic E-state index is -0.0975. The highest BCUT2D eigenvalue weighted by Crippen LogP contribution is 2.34. The van der Waals surface area contributed by atoms with E-state index < -0.39 is 0 Å². The normalized spacial score (nSPS) is 20.0. The highest BCUT2D eigenvalue weighted by molar-refractivity contribution is 7.18. The van der Waals surface area contributed by atoms with E-state index in [4.69, 9.17) is 9.40 Å². The second-order valence-electron chi connectivity index (χ2n) is 7.41. The molecule has 1 saturated heterocycles. The standard InChI is InChI=1S/C20H21N3O3S/c24-18-16-13-6-1-2-8-15(13)27-19(16)22-17(21-18)12-5-3-9-23(11-12)20(25)14-7-4-10-26-14/h4,7,10,12H,1-3,5-6,8-9,11H2,(H,21,22,24). The topological polar surface area (TPSA) is 79.2 Å². The lowest BCUT2D eigenvalue weighted by molar-refractivity contribution is 0.0672. The van der Waals surface area contributed by atoms with Crippen molar-refractivity contribution in [3.8, 4) is 0 Å². The maximum Gasteiger partial charge on any atom is 0.289 e. The summed E-state index contributed by atoms with van der Waals surface area (Å²) in [6, 6.07) is 3.41. The molecule has 1 aliphatic carbocycles. The summed E-state index contributed by atoms with van der Waals surface area (Å²) in [6.45, 7) is 1.26. The molecule has 0 saturated carbocycles. The van der Waals surface area contributed by atoms with Gasteiger partial charge in [0.25, 0.3) is 11.5 Å². The maximum absolute atomic E-state index is 12.8. The number of amides is 1. The summed E-state index contributed by atoms with van der Waals surface area (Å²) in [5.74, 6) is 1.02. The van der Waals surface area contributed by atoms with E-state index in [1.54, 1.807) is 28.4 Å². The van der Waals surface area contributed by atoms with Crippen LogP contribution in [-0.2, 0) is 12.8 Å². The third-order valence-electron chi connectivity index (χ3n) is 5.67. The molecule has 3 aromatic heterocycles. The summed E-state index contributed by atoms with van der Waals surface area (Å²) in [5, 5.41) is 0.790. The molecule has 1 fully saturated rings. The molecule has 7 heteroatoms. The molecule has 1 amide bonds. The molecule has 140 valence electrons. The van der Waals surface area contributed by atoms with Crippen molar-refractivity contribution in [3.63, 3.8) is 0 Å². The van der Waals surface area contributed by atoms with Gasteiger partial charge < -0.3 is 14.3 Å². The molecule has 0 aromatic carbocycles. The van der Waals surface area contributed by atoms with Crippen LogP contribution in [0.5, 0.6) is 0 Å². The Balaban J connectivity index is 1.46. The lowest BCUT2D eigenvalue weighted by Crippen LogP contribution is -2.39. The molecular formula is C20H21N3O3S. The zero-order chi connectivity index (χ0) is 18.4. The van der Waals surface area contributed by atoms with Gasteiger partial charge in [0.15, 0.2) is 5.76 Å². The number of hydrogen-bond donors (Lipinski definition) is 1. The largest absolute Gasteiger partial charge is 0.459 e. The summed E-state index contributed by atoms with van der Waals surface area (Å²) in [5.41, 5.74) is 1.18. The van der Waals surface area contributed by atoms with Gasteiger partial charge in [-0.2, -0.15) is 0 Å². The monoisotopic (exact) mass is 383 g/mol. The Bertz CT molecular complexity index is 1050. The van der Waals surface area contributed by atoms with Crippen LogP contribution in [0, 0.1) is 0 Å². The first-order valence-corrected chi connectivity index (χ1v) is 10.4. The number of fused-ring (bicyclic) bond motifs is 3. The van der Waals surface area contributed by atoms with Crippen LogP contribution in [0.4, 0.5) is 0 Å². The number of nitrogens with one attached hydrogen (secondary N) is 1. The number of nitrogens with zero attached hydrogens (tertiary/aromatic N) is 2. The molecule has 4 heterocycles. The number of rotatable bonds is 2. The number of piperidine rings is 1. The molecule has 0 spiro atoms. The Hall–Kier alpha value is -2.41. The van der Waals surface area contributed by atoms with E-state index in [1.165, 1.54) is 23.1 Å². The van der Waals surface area contributed by atoms with Gasteiger partial charge >= 0.3 is 0 Å². The van der Waals surface area contributed by atoms with Gasteiger partial charge in [-0.1, -0.05) is 0 Å². The van der Waals surface area contributed by atoms with E-state index in [0.717, 1.165) is 42.3 Å². The highest BCUT2D eigenvalue weighted by Gasteiger charge is 2.29. The third kappa shape index (κ3) is 2.90. The molecule has 6 nitrogen and oxygen atoms in total. The average Bonchev–Trinajstić information content (AvgIpc) is 3.35. The van der Waals surface area contributed by atoms with E-state index in [1.807, 2.05) is 0 Å². The van der Waals surface area contributed by atoms with Gasteiger partial charge in [-0.15, -0.1) is 11.3 Å². The molecule has 0 radical (unpaired) electrons. The number of aromatic amines is 1. The van der Waals surface area contributed by atoms with Gasteiger partial charge in [0.05, 0.1) is 11.6 Å². The van der Waals surface area contributed by atoms with Crippen molar-refractivity contribution in [2.24, 2.45) is 0 Å². The van der Waals surface area contributed by atoms with Crippen molar-refractivity contribution in [2.45, 2.75) is 44.4 Å². The van der Waals surface area contributed by atoms with Crippen molar-refractivity contribution in [1.29, 1.82) is 0 Å². The second-order valence-corrected chi connectivity index (χ2v) is 8.49. The second kappa shape index (κ2) is 6.64. The number of carbonyl (C=O) groups excluding carboxylic acids is 1. The predicted octanol–water partition coefficient (Wildman–Crippen LogP) is 3.48. The summed E-state index contributed by atoms with van der Waals surface area (Å²) in [6.07, 6.45) is 7.69. The van der Waals surface area contributed by atoms with E-state index in [2.05, 4.69) is 4.98 Å². The molecule has 1 N–H and O–H groups in total. The highest BCUT2D eigenvalue weighted by atomic mass is 32.1. The molecule has 3 aromatic rings. The lowest BCUT2D eigenvalue weighted by Gasteiger charge is -2.31. The van der Waals surface area contributed by atoms with Gasteiger partial charge in [-0.25, -0.2) is 4.98 Å². The first-order chi connectivity index (χ1) is 13.2. The van der Waals surface area contributed by atoms with E-state index in [0.29, 0.717) is 24.7 Å². The van der Waals surface area contributed by atoms with Crippen LogP contribution in [0.25, 0.3) is 10.2 Å². The van der Waals surface area contributed by atoms with Crippen LogP contribution in [0.3, 0.4) is 0 Å². The first kappa shape index (κ1) is 16.7. The van der Waals surface area contributed by atoms with Crippen LogP contribution in [0.2, 0.25) is 0 Å². The summed E-state index contributed by atoms with van der Waals surface area (Å²) < 4.78 is 5.25. The van der Waals surface area contributed by atoms with Crippen molar-refractivity contribution in [2.75, 3.05) is 13.1 Å². The van der Waals surface area contributed by atoms with Crippen molar-refractivity contribution < 1.29 is 9.21 Å². The smallest absolute Gasteiger partial charge is 0.289 e. The minimum Gasteiger partial charge on any atom is -0.459 e. The number of carbonyl (C=O) groups is 1. The van der Waals surface area contributed by atoms with Gasteiger partial charge in [0.1, 0.15) is 10.7 Å². The van der Waals surface area contributed by atoms with Crippen LogP contribution < -0.4 is 5.56 Å². The Labute approximate surface area is 160 Å². The summed E-state index contributed by atoms with van der Waals surface area (Å²) in [7, 11) is 0. The molecule has 0 bridgehead atoms. The number of hydrogen-bond acceptors (Lipinski definition) is 5. The fourth-order valence-electron chi connectivity index (χ4n) is 4.31. The molecule has 2 aliphatic rings. The van der Waals surface area contributed by atoms with Crippen LogP contribution in [0.15, 0.2) is 27.6 Å². The van der Waals surface area contributed by atoms with E-state index >= 15 is 0 Å². The fourth-order valence-corrected chi connectivity index (χ4v) is 5.58. The van der Waals surface area contributed by atoms with Crippen LogP contribution in [0.1, 0.15) is 58.4 Å². The number of thiophene rings is 1. The quantitative estimate of drug-likeness (QED) is 0.735. The maximum atomic E-state index is 12.8. The third-order valence-corrected chi connectivity index (χ3v) is 6.86. The van der Waals surface area contributed by atoms with E-state index in [-0.39, 0.29) is 17.4 Å². The van der Waals surface area contributed by atoms with Crippen LogP contribution >= 0.6 is 11.3 Å². The van der Waals surface area contributed by atoms with Crippen molar-refractivity contribution in [3.05, 3.63) is 50.8 Å². The molecule has 1 atom stereocenters. The molecule has 1 aliphatic heterocycles. The molecule has 1 unspecified atom stereocenters. The van der Waals surface area contributed by atoms with Crippen molar-refractivity contribution in [1.82, 2.24) is 14.9 Å². The van der Waals surface area contributed by atoms with Crippen LogP contribution in [-0.4, -0.2) is 33.9 Å². The Morgan fingerprint density at radius 1 is 1.30 bits per heavy atom. The van der Waals surface area contributed by atoms with Gasteiger partial charge in [0.2, 0.25) is 0 Å². The first-order valence-electron chi connectivity index (χ1n) is 9.58.